The summed E-state index contributed by atoms with van der Waals surface area (Å²) in [5.41, 5.74) is 0. The van der Waals surface area contributed by atoms with Crippen LogP contribution in [0.1, 0.15) is 7.85 Å². The Balaban J connectivity index is 0. The smallest absolute Gasteiger partial charge is 1.00 e. The van der Waals surface area contributed by atoms with E-state index in [1.165, 1.54) is 24.3 Å². The van der Waals surface area contributed by atoms with Crippen molar-refractivity contribution in [2.45, 2.75) is 12.6 Å². The van der Waals surface area contributed by atoms with Crippen LogP contribution in [0.3, 0.4) is 0 Å². The summed E-state index contributed by atoms with van der Waals surface area (Å²) >= 11 is 0. The normalized spacial score (nSPS) is 11.7. The summed E-state index contributed by atoms with van der Waals surface area (Å²) in [6.45, 7) is 0. The van der Waals surface area contributed by atoms with Gasteiger partial charge in [-0.05, 0) is 12.1 Å². The average Bonchev–Trinajstić information content (AvgIpc) is 2.15. The van der Waals surface area contributed by atoms with E-state index in [4.69, 9.17) is 0 Å². The number of hydrogen-bond acceptors (Lipinski definition) is 3. The number of rotatable bonds is 4. The van der Waals surface area contributed by atoms with Crippen molar-refractivity contribution >= 4 is 10.1 Å². The van der Waals surface area contributed by atoms with Gasteiger partial charge in [-0.25, -0.2) is 0 Å². The summed E-state index contributed by atoms with van der Waals surface area (Å²) in [6, 6.07) is 7.38. The van der Waals surface area contributed by atoms with Gasteiger partial charge in [-0.3, -0.25) is 0 Å². The third-order valence-electron chi connectivity index (χ3n) is 1.60. The Morgan fingerprint density at radius 1 is 1.18 bits per heavy atom. The number of benzene rings is 1. The zero-order valence-electron chi connectivity index (χ0n) is 10.1. The third kappa shape index (κ3) is 7.64. The molecule has 0 amide bonds. The van der Waals surface area contributed by atoms with Gasteiger partial charge in [-0.2, -0.15) is 21.6 Å². The van der Waals surface area contributed by atoms with Crippen LogP contribution in [0.4, 0.5) is 13.2 Å². The quantitative estimate of drug-likeness (QED) is 0.549. The molecule has 0 heterocycles. The fraction of sp³-hybridized carbons (Fsp3) is 0.333. The molecule has 17 heavy (non-hydrogen) atoms. The number of hydrogen-bond donors (Lipinski definition) is 0. The first-order valence-corrected chi connectivity index (χ1v) is 5.90. The van der Waals surface area contributed by atoms with Crippen LogP contribution in [0.25, 0.3) is 0 Å². The van der Waals surface area contributed by atoms with Gasteiger partial charge in [-0.15, -0.1) is 0 Å². The fourth-order valence-electron chi connectivity index (χ4n) is 0.905. The molecule has 1 aromatic carbocycles. The second-order valence-electron chi connectivity index (χ2n) is 3.02. The van der Waals surface area contributed by atoms with Crippen molar-refractivity contribution in [2.75, 3.05) is 5.75 Å². The summed E-state index contributed by atoms with van der Waals surface area (Å²) in [4.78, 5) is 0. The van der Waals surface area contributed by atoms with E-state index in [0.717, 1.165) is 0 Å². The molecular weight excluding hydrogens is 268 g/mol. The predicted octanol–water partition coefficient (Wildman–Crippen LogP) is -0.536. The van der Waals surface area contributed by atoms with E-state index >= 15 is 0 Å². The summed E-state index contributed by atoms with van der Waals surface area (Å²) in [6.07, 6.45) is -5.92. The first kappa shape index (κ1) is 16.8. The van der Waals surface area contributed by atoms with E-state index in [2.05, 4.69) is 4.18 Å². The van der Waals surface area contributed by atoms with Crippen molar-refractivity contribution in [3.63, 3.8) is 0 Å². The molecule has 0 aliphatic rings. The van der Waals surface area contributed by atoms with Crippen molar-refractivity contribution in [2.24, 2.45) is 0 Å². The van der Waals surface area contributed by atoms with Crippen molar-refractivity contribution in [3.05, 3.63) is 30.3 Å². The SMILES string of the molecule is O=S(=O)(CCC(F)(F)F)Oc1ccccc1.[H-].[Na+]. The van der Waals surface area contributed by atoms with Gasteiger partial charge in [-0.1, -0.05) is 18.2 Å². The molecule has 0 bridgehead atoms. The van der Waals surface area contributed by atoms with Crippen LogP contribution in [0.2, 0.25) is 0 Å². The maximum absolute atomic E-state index is 11.8. The molecule has 92 valence electrons. The molecule has 8 heteroatoms. The van der Waals surface area contributed by atoms with Gasteiger partial charge in [0.25, 0.3) is 0 Å². The molecule has 0 N–H and O–H groups in total. The van der Waals surface area contributed by atoms with E-state index in [9.17, 15) is 21.6 Å². The number of halogens is 3. The van der Waals surface area contributed by atoms with E-state index in [1.807, 2.05) is 0 Å². The summed E-state index contributed by atoms with van der Waals surface area (Å²) in [5.74, 6) is -1.07. The van der Waals surface area contributed by atoms with Crippen LogP contribution in [0, 0.1) is 0 Å². The van der Waals surface area contributed by atoms with Gasteiger partial charge >= 0.3 is 45.9 Å². The maximum atomic E-state index is 11.8. The minimum atomic E-state index is -4.51. The Morgan fingerprint density at radius 2 is 1.71 bits per heavy atom. The maximum Gasteiger partial charge on any atom is 1.00 e. The first-order valence-electron chi connectivity index (χ1n) is 4.32. The Labute approximate surface area is 121 Å². The van der Waals surface area contributed by atoms with Crippen molar-refractivity contribution in [3.8, 4) is 5.75 Å². The van der Waals surface area contributed by atoms with Gasteiger partial charge in [0.1, 0.15) is 5.75 Å². The molecule has 0 atom stereocenters. The number of para-hydroxylation sites is 1. The molecule has 0 saturated heterocycles. The number of alkyl halides is 3. The third-order valence-corrected chi connectivity index (χ3v) is 2.75. The largest absolute Gasteiger partial charge is 1.00 e. The van der Waals surface area contributed by atoms with E-state index in [-0.39, 0.29) is 36.7 Å². The summed E-state index contributed by atoms with van der Waals surface area (Å²) in [5, 5.41) is 0. The second-order valence-corrected chi connectivity index (χ2v) is 4.71. The van der Waals surface area contributed by atoms with E-state index in [1.54, 1.807) is 6.07 Å². The molecule has 0 aromatic heterocycles. The molecule has 1 aromatic rings. The van der Waals surface area contributed by atoms with Gasteiger partial charge in [0.15, 0.2) is 0 Å². The van der Waals surface area contributed by atoms with Crippen molar-refractivity contribution in [1.29, 1.82) is 0 Å². The molecular formula is C9H10F3NaO3S. The van der Waals surface area contributed by atoms with Crippen LogP contribution in [-0.2, 0) is 10.1 Å². The minimum Gasteiger partial charge on any atom is -1.00 e. The zero-order chi connectivity index (χ0) is 12.2. The van der Waals surface area contributed by atoms with Crippen LogP contribution >= 0.6 is 0 Å². The molecule has 1 rings (SSSR count). The van der Waals surface area contributed by atoms with Crippen molar-refractivity contribution < 1.29 is 56.8 Å². The molecule has 0 saturated carbocycles. The fourth-order valence-corrected chi connectivity index (χ4v) is 1.87. The molecule has 0 fully saturated rings. The van der Waals surface area contributed by atoms with Crippen LogP contribution in [0.15, 0.2) is 30.3 Å². The molecule has 0 radical (unpaired) electrons. The Hall–Kier alpha value is -0.240. The standard InChI is InChI=1S/C9H9F3O3S.Na.H/c10-9(11,12)6-7-16(13,14)15-8-4-2-1-3-5-8;;/h1-5H,6-7H2;;/q;+1;-1. The second kappa shape index (κ2) is 6.63. The van der Waals surface area contributed by atoms with Gasteiger partial charge in [0.2, 0.25) is 0 Å². The van der Waals surface area contributed by atoms with Gasteiger partial charge in [0.05, 0.1) is 12.2 Å². The first-order chi connectivity index (χ1) is 7.29. The molecule has 0 unspecified atom stereocenters. The molecule has 0 aliphatic heterocycles. The Bertz CT molecular complexity index is 436. The van der Waals surface area contributed by atoms with Gasteiger partial charge < -0.3 is 5.61 Å². The summed E-state index contributed by atoms with van der Waals surface area (Å²) < 4.78 is 62.1. The Kier molecular flexibility index (Phi) is 6.53. The molecule has 0 spiro atoms. The van der Waals surface area contributed by atoms with E-state index < -0.39 is 28.5 Å². The summed E-state index contributed by atoms with van der Waals surface area (Å²) in [7, 11) is -4.19. The topological polar surface area (TPSA) is 43.4 Å². The Morgan fingerprint density at radius 3 is 2.18 bits per heavy atom. The van der Waals surface area contributed by atoms with E-state index in [0.29, 0.717) is 0 Å². The van der Waals surface area contributed by atoms with Crippen LogP contribution in [-0.4, -0.2) is 20.3 Å². The monoisotopic (exact) mass is 278 g/mol. The van der Waals surface area contributed by atoms with Crippen LogP contribution < -0.4 is 33.7 Å². The average molecular weight is 278 g/mol. The zero-order valence-corrected chi connectivity index (χ0v) is 11.9. The van der Waals surface area contributed by atoms with Gasteiger partial charge in [0, 0.05) is 0 Å². The van der Waals surface area contributed by atoms with Crippen molar-refractivity contribution in [1.82, 2.24) is 0 Å². The molecule has 0 aliphatic carbocycles. The predicted molar refractivity (Wildman–Crippen MR) is 52.6 cm³/mol. The molecule has 3 nitrogen and oxygen atoms in total. The minimum absolute atomic E-state index is 0. The van der Waals surface area contributed by atoms with Crippen LogP contribution in [0.5, 0.6) is 5.75 Å².